The number of halogens is 2. The first-order chi connectivity index (χ1) is 8.45. The molecule has 0 atom stereocenters. The molecule has 0 aliphatic heterocycles. The average molecular weight is 310 g/mol. The van der Waals surface area contributed by atoms with Crippen molar-refractivity contribution in [3.8, 4) is 0 Å². The van der Waals surface area contributed by atoms with E-state index in [2.05, 4.69) is 0 Å². The molecule has 0 amide bonds. The van der Waals surface area contributed by atoms with E-state index in [4.69, 9.17) is 23.2 Å². The Bertz CT molecular complexity index is 477. The summed E-state index contributed by atoms with van der Waals surface area (Å²) >= 11 is 11.9. The molecule has 0 aliphatic carbocycles. The predicted octanol–water partition coefficient (Wildman–Crippen LogP) is 3.80. The van der Waals surface area contributed by atoms with E-state index in [1.807, 2.05) is 13.8 Å². The third-order valence-corrected chi connectivity index (χ3v) is 5.32. The van der Waals surface area contributed by atoms with Crippen LogP contribution in [0.15, 0.2) is 23.1 Å². The number of rotatable bonds is 6. The van der Waals surface area contributed by atoms with E-state index in [1.54, 1.807) is 6.07 Å². The highest BCUT2D eigenvalue weighted by Gasteiger charge is 2.27. The Kier molecular flexibility index (Phi) is 5.92. The first-order valence-corrected chi connectivity index (χ1v) is 8.08. The average Bonchev–Trinajstić information content (AvgIpc) is 2.28. The van der Waals surface area contributed by atoms with Crippen LogP contribution in [0.3, 0.4) is 0 Å². The molecular weight excluding hydrogens is 293 g/mol. The van der Waals surface area contributed by atoms with Gasteiger partial charge in [-0.2, -0.15) is 4.31 Å². The van der Waals surface area contributed by atoms with Crippen molar-refractivity contribution in [1.29, 1.82) is 0 Å². The second kappa shape index (κ2) is 6.75. The molecule has 1 aromatic rings. The Morgan fingerprint density at radius 2 is 1.50 bits per heavy atom. The van der Waals surface area contributed by atoms with Crippen molar-refractivity contribution in [3.63, 3.8) is 0 Å². The molecule has 0 aliphatic rings. The molecule has 0 heterocycles. The summed E-state index contributed by atoms with van der Waals surface area (Å²) in [4.78, 5) is 0.00948. The molecule has 1 rings (SSSR count). The Morgan fingerprint density at radius 1 is 1.06 bits per heavy atom. The molecule has 1 aromatic carbocycles. The van der Waals surface area contributed by atoms with Crippen molar-refractivity contribution >= 4 is 33.2 Å². The van der Waals surface area contributed by atoms with Crippen LogP contribution in [0.25, 0.3) is 0 Å². The molecule has 18 heavy (non-hydrogen) atoms. The van der Waals surface area contributed by atoms with Crippen LogP contribution >= 0.6 is 23.2 Å². The molecule has 0 bridgehead atoms. The lowest BCUT2D eigenvalue weighted by molar-refractivity contribution is 0.410. The molecule has 0 N–H and O–H groups in total. The maximum Gasteiger partial charge on any atom is 0.246 e. The zero-order valence-corrected chi connectivity index (χ0v) is 12.8. The standard InChI is InChI=1S/C12H17Cl2NO2S/c1-3-8-15(9-4-2)18(16,17)12-10(13)6-5-7-11(12)14/h5-7H,3-4,8-9H2,1-2H3. The molecule has 3 nitrogen and oxygen atoms in total. The summed E-state index contributed by atoms with van der Waals surface area (Å²) in [6, 6.07) is 4.71. The Balaban J connectivity index is 3.26. The Morgan fingerprint density at radius 3 is 1.89 bits per heavy atom. The minimum atomic E-state index is -3.62. The van der Waals surface area contributed by atoms with E-state index in [-0.39, 0.29) is 14.9 Å². The van der Waals surface area contributed by atoms with Crippen molar-refractivity contribution in [1.82, 2.24) is 4.31 Å². The maximum absolute atomic E-state index is 12.5. The molecule has 0 aromatic heterocycles. The molecule has 0 fully saturated rings. The van der Waals surface area contributed by atoms with Crippen molar-refractivity contribution in [2.24, 2.45) is 0 Å². The van der Waals surface area contributed by atoms with Crippen LogP contribution in [0.2, 0.25) is 10.0 Å². The van der Waals surface area contributed by atoms with E-state index in [1.165, 1.54) is 16.4 Å². The largest absolute Gasteiger partial charge is 0.246 e. The van der Waals surface area contributed by atoms with Gasteiger partial charge in [0, 0.05) is 13.1 Å². The Labute approximate surface area is 119 Å². The monoisotopic (exact) mass is 309 g/mol. The lowest BCUT2D eigenvalue weighted by atomic mass is 10.4. The van der Waals surface area contributed by atoms with Gasteiger partial charge in [0.25, 0.3) is 0 Å². The van der Waals surface area contributed by atoms with Crippen LogP contribution in [0.5, 0.6) is 0 Å². The van der Waals surface area contributed by atoms with Crippen LogP contribution in [-0.2, 0) is 10.0 Å². The summed E-state index contributed by atoms with van der Waals surface area (Å²) in [6.45, 7) is 4.81. The van der Waals surface area contributed by atoms with Crippen molar-refractivity contribution in [3.05, 3.63) is 28.2 Å². The fourth-order valence-corrected chi connectivity index (χ4v) is 4.42. The number of hydrogen-bond acceptors (Lipinski definition) is 2. The topological polar surface area (TPSA) is 37.4 Å². The summed E-state index contributed by atoms with van der Waals surface area (Å²) in [6.07, 6.45) is 1.50. The SMILES string of the molecule is CCCN(CCC)S(=O)(=O)c1c(Cl)cccc1Cl. The van der Waals surface area contributed by atoms with Crippen LogP contribution in [0, 0.1) is 0 Å². The van der Waals surface area contributed by atoms with Crippen LogP contribution < -0.4 is 0 Å². The zero-order chi connectivity index (χ0) is 13.8. The highest BCUT2D eigenvalue weighted by molar-refractivity contribution is 7.89. The van der Waals surface area contributed by atoms with Crippen molar-refractivity contribution < 1.29 is 8.42 Å². The van der Waals surface area contributed by atoms with E-state index in [0.717, 1.165) is 12.8 Å². The van der Waals surface area contributed by atoms with Crippen molar-refractivity contribution in [2.75, 3.05) is 13.1 Å². The second-order valence-electron chi connectivity index (χ2n) is 3.95. The lowest BCUT2D eigenvalue weighted by Crippen LogP contribution is -2.33. The third-order valence-electron chi connectivity index (χ3n) is 2.46. The number of nitrogens with zero attached hydrogens (tertiary/aromatic N) is 1. The quantitative estimate of drug-likeness (QED) is 0.801. The first-order valence-electron chi connectivity index (χ1n) is 5.89. The minimum absolute atomic E-state index is 0.00948. The second-order valence-corrected chi connectivity index (χ2v) is 6.64. The molecule has 0 saturated heterocycles. The molecule has 6 heteroatoms. The van der Waals surface area contributed by atoms with Crippen LogP contribution in [0.4, 0.5) is 0 Å². The van der Waals surface area contributed by atoms with E-state index in [9.17, 15) is 8.42 Å². The fraction of sp³-hybridized carbons (Fsp3) is 0.500. The smallest absolute Gasteiger partial charge is 0.207 e. The number of hydrogen-bond donors (Lipinski definition) is 0. The van der Waals surface area contributed by atoms with Gasteiger partial charge in [0.1, 0.15) is 4.90 Å². The van der Waals surface area contributed by atoms with Gasteiger partial charge in [-0.1, -0.05) is 43.1 Å². The summed E-state index contributed by atoms with van der Waals surface area (Å²) in [7, 11) is -3.62. The summed E-state index contributed by atoms with van der Waals surface area (Å²) in [5.74, 6) is 0. The van der Waals surface area contributed by atoms with Gasteiger partial charge in [-0.05, 0) is 25.0 Å². The van der Waals surface area contributed by atoms with E-state index >= 15 is 0 Å². The fourth-order valence-electron chi connectivity index (χ4n) is 1.71. The van der Waals surface area contributed by atoms with Crippen molar-refractivity contribution in [2.45, 2.75) is 31.6 Å². The summed E-state index contributed by atoms with van der Waals surface area (Å²) < 4.78 is 26.5. The van der Waals surface area contributed by atoms with Gasteiger partial charge < -0.3 is 0 Å². The minimum Gasteiger partial charge on any atom is -0.207 e. The van der Waals surface area contributed by atoms with E-state index in [0.29, 0.717) is 13.1 Å². The highest BCUT2D eigenvalue weighted by Crippen LogP contribution is 2.31. The van der Waals surface area contributed by atoms with Gasteiger partial charge in [-0.25, -0.2) is 8.42 Å². The van der Waals surface area contributed by atoms with Crippen LogP contribution in [-0.4, -0.2) is 25.8 Å². The van der Waals surface area contributed by atoms with Gasteiger partial charge in [0.15, 0.2) is 0 Å². The zero-order valence-electron chi connectivity index (χ0n) is 10.5. The normalized spacial score (nSPS) is 12.1. The maximum atomic E-state index is 12.5. The molecule has 0 saturated carbocycles. The first kappa shape index (κ1) is 15.8. The van der Waals surface area contributed by atoms with E-state index < -0.39 is 10.0 Å². The lowest BCUT2D eigenvalue weighted by Gasteiger charge is -2.22. The van der Waals surface area contributed by atoms with Gasteiger partial charge in [0.05, 0.1) is 10.0 Å². The Hall–Kier alpha value is -0.290. The predicted molar refractivity (Wildman–Crippen MR) is 75.8 cm³/mol. The molecule has 0 unspecified atom stereocenters. The van der Waals surface area contributed by atoms with Gasteiger partial charge in [-0.3, -0.25) is 0 Å². The summed E-state index contributed by atoms with van der Waals surface area (Å²) in [5.41, 5.74) is 0. The number of sulfonamides is 1. The molecule has 102 valence electrons. The summed E-state index contributed by atoms with van der Waals surface area (Å²) in [5, 5.41) is 0.333. The molecule has 0 radical (unpaired) electrons. The molecule has 0 spiro atoms. The van der Waals surface area contributed by atoms with Gasteiger partial charge in [-0.15, -0.1) is 0 Å². The highest BCUT2D eigenvalue weighted by atomic mass is 35.5. The molecular formula is C12H17Cl2NO2S. The number of benzene rings is 1. The van der Waals surface area contributed by atoms with Gasteiger partial charge >= 0.3 is 0 Å². The third kappa shape index (κ3) is 3.38. The van der Waals surface area contributed by atoms with Crippen LogP contribution in [0.1, 0.15) is 26.7 Å². The van der Waals surface area contributed by atoms with Gasteiger partial charge in [0.2, 0.25) is 10.0 Å².